The summed E-state index contributed by atoms with van der Waals surface area (Å²) in [6, 6.07) is -17.2. The standard InChI is InChI=1S/C74H119N21O24S/c1-11-37(7)57(72(117)95-58(73(118)119)38(8)12-2)94-70(115)52(33-98)92-69(114)50(31-96)90-59(104)39(9)82-61(106)43(19-16-23-80-74(77)78)83-68(113)51(32-97)91-64(109)46(26-40-17-14-13-15-18-40)87-65(110)47(27-41-30-79-34-81-41)88-66(111)48(28-54(100)101)89-62(107)44(20-21-53(76)99)84-63(108)45(22-24-120-10)85-71(116)56(36(5)6)93-67(112)49(29-55(102)103)86-60(105)42(75)25-35(3)4/h13-15,17-18,30,34-39,42-52,56-58,96-98H,11-12,16,19-29,31-33,75H2,1-10H3,(H2,76,99)(H,79,81)(H,82,106)(H,83,113)(H,84,108)(H,85,116)(H,86,105)(H,87,110)(H,88,111)(H,89,107)(H,90,104)(H,91,109)(H,92,114)(H,93,112)(H,94,115)(H,95,117)(H,100,101)(H,102,103)(H,118,119)(H4,77,78,80)/t37-,38-,39-,42-,43-,44-,45-,46-,47-,48-,49-,50-,51-,52-,56-,57-,58-/m0/s1. The molecule has 0 aliphatic carbocycles. The van der Waals surface area contributed by atoms with Crippen molar-refractivity contribution in [1.29, 1.82) is 0 Å². The Morgan fingerprint density at radius 1 is 0.458 bits per heavy atom. The van der Waals surface area contributed by atoms with E-state index in [1.165, 1.54) is 38.1 Å². The highest BCUT2D eigenvalue weighted by molar-refractivity contribution is 7.98. The SMILES string of the molecule is CC[C@H](C)[C@H](NC(=O)[C@@H](NC(=O)[C@H](CO)NC(=O)[C@H](CO)NC(=O)[C@H](C)NC(=O)[C@H](CCCN=C(N)N)NC(=O)[C@H](CO)NC(=O)[C@H](Cc1ccccc1)NC(=O)[C@H](Cc1cnc[nH]1)NC(=O)[C@H](CC(=O)O)NC(=O)[C@H](CCC(N)=O)NC(=O)[C@H](CCSC)NC(=O)[C@@H](NC(=O)[C@H](CC(=O)O)NC(=O)[C@@H](N)CC(C)C)C(C)C)[C@@H](C)CC)C(=O)O. The number of thioether (sulfide) groups is 1. The molecule has 0 fully saturated rings. The molecule has 0 spiro atoms. The third-order valence-corrected chi connectivity index (χ3v) is 19.4. The van der Waals surface area contributed by atoms with Crippen molar-refractivity contribution < 1.29 is 117 Å². The lowest BCUT2D eigenvalue weighted by atomic mass is 9.95. The summed E-state index contributed by atoms with van der Waals surface area (Å²) in [4.78, 5) is 255. The van der Waals surface area contributed by atoms with Crippen LogP contribution in [0.4, 0.5) is 0 Å². The van der Waals surface area contributed by atoms with Gasteiger partial charge in [0.15, 0.2) is 5.96 Å². The quantitative estimate of drug-likeness (QED) is 0.0166. The van der Waals surface area contributed by atoms with Crippen molar-refractivity contribution in [3.63, 3.8) is 0 Å². The highest BCUT2D eigenvalue weighted by Crippen LogP contribution is 2.16. The van der Waals surface area contributed by atoms with Gasteiger partial charge in [-0.05, 0) is 80.3 Å². The number of carboxylic acids is 3. The second-order valence-electron chi connectivity index (χ2n) is 29.3. The zero-order valence-electron chi connectivity index (χ0n) is 68.7. The van der Waals surface area contributed by atoms with E-state index in [4.69, 9.17) is 22.9 Å². The first-order valence-electron chi connectivity index (χ1n) is 38.8. The molecule has 15 amide bonds. The van der Waals surface area contributed by atoms with E-state index in [0.29, 0.717) is 18.4 Å². The van der Waals surface area contributed by atoms with Gasteiger partial charge in [-0.1, -0.05) is 98.6 Å². The fraction of sp³-hybridized carbons (Fsp3) is 0.622. The summed E-state index contributed by atoms with van der Waals surface area (Å²) in [6.07, 6.45) is 0.187. The van der Waals surface area contributed by atoms with E-state index in [1.807, 2.05) is 0 Å². The molecule has 1 aromatic heterocycles. The van der Waals surface area contributed by atoms with Gasteiger partial charge in [0, 0.05) is 37.7 Å². The Labute approximate surface area is 696 Å². The number of carbonyl (C=O) groups excluding carboxylic acids is 15. The molecule has 45 nitrogen and oxygen atoms in total. The predicted molar refractivity (Wildman–Crippen MR) is 431 cm³/mol. The lowest BCUT2D eigenvalue weighted by Crippen LogP contribution is -2.62. The summed E-state index contributed by atoms with van der Waals surface area (Å²) in [5.74, 6) is -23.4. The van der Waals surface area contributed by atoms with Crippen molar-refractivity contribution in [3.8, 4) is 0 Å². The average molecular weight is 1720 g/mol. The van der Waals surface area contributed by atoms with Gasteiger partial charge in [0.05, 0.1) is 45.0 Å². The molecule has 120 heavy (non-hydrogen) atoms. The number of nitrogens with zero attached hydrogens (tertiary/aromatic N) is 2. The first-order chi connectivity index (χ1) is 56.4. The Bertz CT molecular complexity index is 3820. The molecule has 2 aromatic rings. The van der Waals surface area contributed by atoms with Crippen LogP contribution < -0.4 is 97.4 Å². The van der Waals surface area contributed by atoms with E-state index in [0.717, 1.165) is 6.92 Å². The van der Waals surface area contributed by atoms with E-state index < -0.39 is 267 Å². The van der Waals surface area contributed by atoms with Gasteiger partial charge >= 0.3 is 17.9 Å². The number of aliphatic hydroxyl groups excluding tert-OH is 3. The van der Waals surface area contributed by atoms with Crippen molar-refractivity contribution >= 4 is 124 Å². The van der Waals surface area contributed by atoms with Crippen molar-refractivity contribution in [1.82, 2.24) is 84.4 Å². The van der Waals surface area contributed by atoms with E-state index in [1.54, 1.807) is 78.1 Å². The number of nitrogens with one attached hydrogen (secondary N) is 15. The maximum Gasteiger partial charge on any atom is 0.326 e. The summed E-state index contributed by atoms with van der Waals surface area (Å²) >= 11 is 1.22. The number of aliphatic imine (C=N–C) groups is 1. The van der Waals surface area contributed by atoms with Gasteiger partial charge < -0.3 is 133 Å². The molecule has 0 unspecified atom stereocenters. The van der Waals surface area contributed by atoms with Crippen molar-refractivity contribution in [2.24, 2.45) is 51.6 Å². The number of aliphatic carboxylic acids is 3. The van der Waals surface area contributed by atoms with Crippen LogP contribution in [0, 0.1) is 23.7 Å². The minimum absolute atomic E-state index is 0.0554. The van der Waals surface area contributed by atoms with Crippen LogP contribution in [0.3, 0.4) is 0 Å². The van der Waals surface area contributed by atoms with Crippen LogP contribution in [0.25, 0.3) is 0 Å². The van der Waals surface area contributed by atoms with Crippen LogP contribution in [0.2, 0.25) is 0 Å². The smallest absolute Gasteiger partial charge is 0.326 e. The number of carbonyl (C=O) groups is 18. The molecule has 1 aromatic carbocycles. The molecule has 0 aliphatic rings. The minimum Gasteiger partial charge on any atom is -0.481 e. The summed E-state index contributed by atoms with van der Waals surface area (Å²) in [5, 5.41) is 93.7. The third kappa shape index (κ3) is 37.5. The molecule has 29 N–H and O–H groups in total. The number of aliphatic hydroxyl groups is 3. The normalized spacial score (nSPS) is 15.4. The van der Waals surface area contributed by atoms with Gasteiger partial charge in [-0.3, -0.25) is 86.5 Å². The van der Waals surface area contributed by atoms with Crippen LogP contribution in [0.1, 0.15) is 138 Å². The fourth-order valence-corrected chi connectivity index (χ4v) is 11.9. The van der Waals surface area contributed by atoms with Gasteiger partial charge in [-0.15, -0.1) is 0 Å². The Morgan fingerprint density at radius 2 is 0.850 bits per heavy atom. The summed E-state index contributed by atoms with van der Waals surface area (Å²) < 4.78 is 0. The van der Waals surface area contributed by atoms with E-state index in [2.05, 4.69) is 89.4 Å². The van der Waals surface area contributed by atoms with Crippen molar-refractivity contribution in [2.45, 2.75) is 230 Å². The zero-order valence-corrected chi connectivity index (χ0v) is 69.5. The number of rotatable bonds is 57. The highest BCUT2D eigenvalue weighted by Gasteiger charge is 2.40. The molecule has 0 bridgehead atoms. The lowest BCUT2D eigenvalue weighted by Gasteiger charge is -2.29. The maximum atomic E-state index is 14.8. The number of primary amides is 1. The number of carboxylic acid groups (broad SMARTS) is 3. The number of nitrogens with two attached hydrogens (primary N) is 4. The molecule has 17 atom stereocenters. The number of amides is 15. The number of aromatic amines is 1. The van der Waals surface area contributed by atoms with Crippen LogP contribution in [-0.2, 0) is 99.1 Å². The number of benzene rings is 1. The Kier molecular flexibility index (Phi) is 46.7. The van der Waals surface area contributed by atoms with Crippen LogP contribution >= 0.6 is 11.8 Å². The third-order valence-electron chi connectivity index (χ3n) is 18.8. The largest absolute Gasteiger partial charge is 0.481 e. The molecule has 0 aliphatic heterocycles. The van der Waals surface area contributed by atoms with Gasteiger partial charge in [0.25, 0.3) is 0 Å². The first kappa shape index (κ1) is 104. The first-order valence-corrected chi connectivity index (χ1v) is 40.2. The van der Waals surface area contributed by atoms with Crippen LogP contribution in [0.15, 0.2) is 47.8 Å². The molecule has 2 rings (SSSR count). The average Bonchev–Trinajstić information content (AvgIpc) is 1.03. The Hall–Kier alpha value is -11.6. The molecular weight excluding hydrogens is 1600 g/mol. The van der Waals surface area contributed by atoms with Crippen LogP contribution in [0.5, 0.6) is 0 Å². The second-order valence-corrected chi connectivity index (χ2v) is 30.3. The van der Waals surface area contributed by atoms with E-state index >= 15 is 0 Å². The summed E-state index contributed by atoms with van der Waals surface area (Å²) in [6.45, 7) is 10.8. The molecule has 0 saturated heterocycles. The van der Waals surface area contributed by atoms with Gasteiger partial charge in [-0.25, -0.2) is 9.78 Å². The van der Waals surface area contributed by atoms with E-state index in [-0.39, 0.29) is 62.0 Å². The predicted octanol–water partition coefficient (Wildman–Crippen LogP) is -7.79. The monoisotopic (exact) mass is 1720 g/mol. The number of imidazole rings is 1. The number of H-pyrrole nitrogens is 1. The number of hydrogen-bond acceptors (Lipinski definition) is 25. The van der Waals surface area contributed by atoms with Crippen molar-refractivity contribution in [2.75, 3.05) is 38.4 Å². The van der Waals surface area contributed by atoms with Gasteiger partial charge in [0.2, 0.25) is 88.6 Å². The van der Waals surface area contributed by atoms with Gasteiger partial charge in [0.1, 0.15) is 84.6 Å². The molecule has 1 heterocycles. The molecule has 0 saturated carbocycles. The molecule has 46 heteroatoms. The number of guanidine groups is 1. The number of hydrogen-bond donors (Lipinski definition) is 25. The van der Waals surface area contributed by atoms with E-state index in [9.17, 15) is 117 Å². The highest BCUT2D eigenvalue weighted by atomic mass is 32.2. The summed E-state index contributed by atoms with van der Waals surface area (Å²) in [5.41, 5.74) is 23.0. The van der Waals surface area contributed by atoms with Gasteiger partial charge in [-0.2, -0.15) is 11.8 Å². The lowest BCUT2D eigenvalue weighted by molar-refractivity contribution is -0.144. The molecule has 0 radical (unpaired) electrons. The maximum absolute atomic E-state index is 14.8. The second kappa shape index (κ2) is 53.7. The van der Waals surface area contributed by atoms with Crippen molar-refractivity contribution in [3.05, 3.63) is 54.1 Å². The molecule has 670 valence electrons. The van der Waals surface area contributed by atoms with Crippen LogP contribution in [-0.4, -0.2) is 282 Å². The minimum atomic E-state index is -2.13. The Morgan fingerprint density at radius 3 is 1.31 bits per heavy atom. The zero-order chi connectivity index (χ0) is 90.8. The molecular formula is C74H119N21O24S. The topological polar surface area (TPSA) is 742 Å². The number of aromatic nitrogens is 2. The fourth-order valence-electron chi connectivity index (χ4n) is 11.5. The summed E-state index contributed by atoms with van der Waals surface area (Å²) in [7, 11) is 0. The Balaban J connectivity index is 2.52.